The largest absolute Gasteiger partial charge is 0.493 e. The van der Waals surface area contributed by atoms with Crippen LogP contribution in [0.15, 0.2) is 48.5 Å². The molecule has 0 atom stereocenters. The highest BCUT2D eigenvalue weighted by Gasteiger charge is 2.27. The van der Waals surface area contributed by atoms with Crippen LogP contribution in [0.2, 0.25) is 0 Å². The van der Waals surface area contributed by atoms with Crippen LogP contribution >= 0.6 is 0 Å². The summed E-state index contributed by atoms with van der Waals surface area (Å²) in [6.45, 7) is 9.59. The maximum Gasteiger partial charge on any atom is 0.282 e. The Kier molecular flexibility index (Phi) is 5.93. The molecule has 0 spiro atoms. The summed E-state index contributed by atoms with van der Waals surface area (Å²) in [7, 11) is 0. The molecule has 0 radical (unpaired) electrons. The highest BCUT2D eigenvalue weighted by molar-refractivity contribution is 5.93. The first-order valence-corrected chi connectivity index (χ1v) is 10.5. The van der Waals surface area contributed by atoms with E-state index in [2.05, 4.69) is 18.2 Å². The van der Waals surface area contributed by atoms with Crippen molar-refractivity contribution in [3.05, 3.63) is 59.7 Å². The molecule has 2 aromatic rings. The molecule has 2 heterocycles. The average molecular weight is 382 g/mol. The molecule has 2 aliphatic rings. The Morgan fingerprint density at radius 2 is 1.79 bits per heavy atom. The molecular weight excluding hydrogens is 350 g/mol. The first-order chi connectivity index (χ1) is 13.7. The van der Waals surface area contributed by atoms with Crippen molar-refractivity contribution in [2.45, 2.75) is 19.9 Å². The highest BCUT2D eigenvalue weighted by Crippen LogP contribution is 2.25. The van der Waals surface area contributed by atoms with Gasteiger partial charge in [0.25, 0.3) is 5.91 Å². The Labute approximate surface area is 167 Å². The van der Waals surface area contributed by atoms with Crippen LogP contribution in [-0.4, -0.2) is 51.8 Å². The number of carbonyl (C=O) groups is 1. The van der Waals surface area contributed by atoms with Crippen LogP contribution in [0.5, 0.6) is 5.75 Å². The molecule has 4 rings (SSSR count). The zero-order valence-corrected chi connectivity index (χ0v) is 16.7. The van der Waals surface area contributed by atoms with Crippen molar-refractivity contribution in [1.29, 1.82) is 0 Å². The average Bonchev–Trinajstić information content (AvgIpc) is 3.19. The molecule has 0 bridgehead atoms. The number of piperazine rings is 1. The fourth-order valence-electron chi connectivity index (χ4n) is 4.37. The van der Waals surface area contributed by atoms with Gasteiger partial charge in [-0.25, -0.2) is 0 Å². The number of rotatable bonds is 6. The molecule has 1 amide bonds. The van der Waals surface area contributed by atoms with Crippen molar-refractivity contribution in [3.63, 3.8) is 0 Å². The van der Waals surface area contributed by atoms with Gasteiger partial charge in [-0.15, -0.1) is 0 Å². The Hall–Kier alpha value is -2.37. The normalized spacial score (nSPS) is 21.0. The van der Waals surface area contributed by atoms with Gasteiger partial charge in [-0.2, -0.15) is 0 Å². The van der Waals surface area contributed by atoms with E-state index in [1.54, 1.807) is 4.90 Å². The Bertz CT molecular complexity index is 801. The van der Waals surface area contributed by atoms with Crippen LogP contribution in [0, 0.1) is 0 Å². The lowest BCUT2D eigenvalue weighted by Crippen LogP contribution is -3.28. The second kappa shape index (κ2) is 8.76. The molecule has 5 nitrogen and oxygen atoms in total. The van der Waals surface area contributed by atoms with Gasteiger partial charge < -0.3 is 19.4 Å². The van der Waals surface area contributed by atoms with E-state index in [-0.39, 0.29) is 5.91 Å². The maximum absolute atomic E-state index is 12.8. The van der Waals surface area contributed by atoms with Gasteiger partial charge in [0.15, 0.2) is 6.54 Å². The van der Waals surface area contributed by atoms with Gasteiger partial charge in [0, 0.05) is 24.2 Å². The SMILES string of the molecule is CCN(C(=O)C[NH+]1CC[NH+](Cc2ccc3c(c2)CCO3)CC1)c1ccccc1. The lowest BCUT2D eigenvalue weighted by atomic mass is 10.1. The Balaban J connectivity index is 1.27. The summed E-state index contributed by atoms with van der Waals surface area (Å²) < 4.78 is 5.61. The summed E-state index contributed by atoms with van der Waals surface area (Å²) in [4.78, 5) is 17.7. The first kappa shape index (κ1) is 19.0. The molecule has 148 valence electrons. The van der Waals surface area contributed by atoms with Gasteiger partial charge in [0.05, 0.1) is 6.61 Å². The summed E-state index contributed by atoms with van der Waals surface area (Å²) in [5.74, 6) is 1.29. The van der Waals surface area contributed by atoms with E-state index in [0.29, 0.717) is 6.54 Å². The molecular formula is C23H31N3O2+2. The number of ether oxygens (including phenoxy) is 1. The van der Waals surface area contributed by atoms with Crippen LogP contribution in [0.4, 0.5) is 5.69 Å². The Morgan fingerprint density at radius 3 is 2.54 bits per heavy atom. The summed E-state index contributed by atoms with van der Waals surface area (Å²) in [5, 5.41) is 0. The van der Waals surface area contributed by atoms with Crippen molar-refractivity contribution in [1.82, 2.24) is 0 Å². The van der Waals surface area contributed by atoms with Crippen molar-refractivity contribution < 1.29 is 19.3 Å². The molecule has 0 aromatic heterocycles. The zero-order valence-electron chi connectivity index (χ0n) is 16.7. The van der Waals surface area contributed by atoms with Crippen LogP contribution in [0.3, 0.4) is 0 Å². The van der Waals surface area contributed by atoms with E-state index >= 15 is 0 Å². The third kappa shape index (κ3) is 4.37. The van der Waals surface area contributed by atoms with Crippen LogP contribution in [0.25, 0.3) is 0 Å². The van der Waals surface area contributed by atoms with E-state index in [4.69, 9.17) is 4.74 Å². The fraction of sp³-hybridized carbons (Fsp3) is 0.435. The number of carbonyl (C=O) groups excluding carboxylic acids is 1. The van der Waals surface area contributed by atoms with Crippen molar-refractivity contribution in [2.75, 3.05) is 50.8 Å². The summed E-state index contributed by atoms with van der Waals surface area (Å²) in [6, 6.07) is 16.6. The second-order valence-electron chi connectivity index (χ2n) is 7.87. The summed E-state index contributed by atoms with van der Waals surface area (Å²) in [6.07, 6.45) is 1.04. The van der Waals surface area contributed by atoms with Crippen molar-refractivity contribution >= 4 is 11.6 Å². The molecule has 1 fully saturated rings. The minimum absolute atomic E-state index is 0.228. The van der Waals surface area contributed by atoms with E-state index < -0.39 is 0 Å². The summed E-state index contributed by atoms with van der Waals surface area (Å²) in [5.41, 5.74) is 3.76. The van der Waals surface area contributed by atoms with Gasteiger partial charge in [-0.3, -0.25) is 4.79 Å². The van der Waals surface area contributed by atoms with Gasteiger partial charge in [0.1, 0.15) is 38.5 Å². The molecule has 0 saturated carbocycles. The third-order valence-electron chi connectivity index (χ3n) is 5.96. The van der Waals surface area contributed by atoms with Gasteiger partial charge in [-0.1, -0.05) is 18.2 Å². The second-order valence-corrected chi connectivity index (χ2v) is 7.87. The van der Waals surface area contributed by atoms with Gasteiger partial charge in [-0.05, 0) is 42.8 Å². The number of benzene rings is 2. The lowest BCUT2D eigenvalue weighted by Gasteiger charge is -2.31. The topological polar surface area (TPSA) is 38.4 Å². The number of nitrogens with one attached hydrogen (secondary N) is 2. The minimum atomic E-state index is 0.228. The predicted molar refractivity (Wildman–Crippen MR) is 110 cm³/mol. The van der Waals surface area contributed by atoms with Gasteiger partial charge in [0.2, 0.25) is 0 Å². The number of nitrogens with zero attached hydrogens (tertiary/aromatic N) is 1. The van der Waals surface area contributed by atoms with Crippen LogP contribution in [-0.2, 0) is 17.8 Å². The smallest absolute Gasteiger partial charge is 0.282 e. The Morgan fingerprint density at radius 1 is 1.04 bits per heavy atom. The number of likely N-dealkylation sites (N-methyl/N-ethyl adjacent to an activating group) is 1. The molecule has 28 heavy (non-hydrogen) atoms. The van der Waals surface area contributed by atoms with Crippen molar-refractivity contribution in [2.24, 2.45) is 0 Å². The number of hydrogen-bond acceptors (Lipinski definition) is 2. The highest BCUT2D eigenvalue weighted by atomic mass is 16.5. The van der Waals surface area contributed by atoms with Crippen molar-refractivity contribution in [3.8, 4) is 5.75 Å². The fourth-order valence-corrected chi connectivity index (χ4v) is 4.37. The first-order valence-electron chi connectivity index (χ1n) is 10.5. The molecule has 2 aromatic carbocycles. The number of hydrogen-bond donors (Lipinski definition) is 2. The number of para-hydroxylation sites is 1. The van der Waals surface area contributed by atoms with Crippen LogP contribution in [0.1, 0.15) is 18.1 Å². The number of anilines is 1. The molecule has 0 unspecified atom stereocenters. The quantitative estimate of drug-likeness (QED) is 0.737. The third-order valence-corrected chi connectivity index (χ3v) is 5.96. The lowest BCUT2D eigenvalue weighted by molar-refractivity contribution is -1.02. The molecule has 2 aliphatic heterocycles. The van der Waals surface area contributed by atoms with E-state index in [1.807, 2.05) is 42.2 Å². The predicted octanol–water partition coefficient (Wildman–Crippen LogP) is -0.0420. The molecule has 5 heteroatoms. The molecule has 1 saturated heterocycles. The minimum Gasteiger partial charge on any atom is -0.493 e. The maximum atomic E-state index is 12.8. The van der Waals surface area contributed by atoms with Crippen LogP contribution < -0.4 is 19.4 Å². The van der Waals surface area contributed by atoms with E-state index in [9.17, 15) is 4.79 Å². The zero-order chi connectivity index (χ0) is 19.3. The number of amides is 1. The van der Waals surface area contributed by atoms with E-state index in [0.717, 1.165) is 63.7 Å². The summed E-state index contributed by atoms with van der Waals surface area (Å²) >= 11 is 0. The molecule has 2 N–H and O–H groups in total. The standard InChI is InChI=1S/C23H29N3O2/c1-2-26(21-6-4-3-5-7-21)23(27)18-25-13-11-24(12-14-25)17-19-8-9-22-20(16-19)10-15-28-22/h3-9,16H,2,10-15,17-18H2,1H3/p+2. The van der Waals surface area contributed by atoms with Gasteiger partial charge >= 0.3 is 0 Å². The van der Waals surface area contributed by atoms with E-state index in [1.165, 1.54) is 16.0 Å². The molecule has 0 aliphatic carbocycles. The number of fused-ring (bicyclic) bond motifs is 1. The number of quaternary nitrogens is 2. The monoisotopic (exact) mass is 381 g/mol.